The van der Waals surface area contributed by atoms with Gasteiger partial charge in [0.1, 0.15) is 11.6 Å². The van der Waals surface area contributed by atoms with E-state index in [4.69, 9.17) is 4.74 Å². The molecule has 0 amide bonds. The number of fused-ring (bicyclic) bond motifs is 1. The van der Waals surface area contributed by atoms with Gasteiger partial charge in [0.2, 0.25) is 10.0 Å². The molecule has 1 aromatic carbocycles. The van der Waals surface area contributed by atoms with Crippen molar-refractivity contribution in [2.45, 2.75) is 50.8 Å². The number of benzene rings is 1. The first-order valence-electron chi connectivity index (χ1n) is 7.17. The van der Waals surface area contributed by atoms with Crippen LogP contribution < -0.4 is 5.46 Å². The van der Waals surface area contributed by atoms with Crippen LogP contribution in [0.3, 0.4) is 0 Å². The normalized spacial score (nSPS) is 18.3. The summed E-state index contributed by atoms with van der Waals surface area (Å²) >= 11 is 0. The first kappa shape index (κ1) is 17.9. The molecule has 0 unspecified atom stereocenters. The number of sulfonamides is 1. The van der Waals surface area contributed by atoms with Crippen LogP contribution in [0.4, 0.5) is 0 Å². The lowest BCUT2D eigenvalue weighted by Gasteiger charge is -2.26. The maximum absolute atomic E-state index is 12.6. The Balaban J connectivity index is 2.32. The third-order valence-corrected chi connectivity index (χ3v) is 5.48. The van der Waals surface area contributed by atoms with E-state index in [2.05, 4.69) is 0 Å². The summed E-state index contributed by atoms with van der Waals surface area (Å²) in [5, 5.41) is 18.4. The Kier molecular flexibility index (Phi) is 4.60. The van der Waals surface area contributed by atoms with E-state index in [1.165, 1.54) is 25.1 Å². The highest BCUT2D eigenvalue weighted by Crippen LogP contribution is 2.31. The van der Waals surface area contributed by atoms with Gasteiger partial charge in [0, 0.05) is 6.54 Å². The van der Waals surface area contributed by atoms with Gasteiger partial charge < -0.3 is 14.8 Å². The fourth-order valence-electron chi connectivity index (χ4n) is 2.33. The topological polar surface area (TPSA) is 104 Å². The van der Waals surface area contributed by atoms with Gasteiger partial charge in [-0.1, -0.05) is 12.1 Å². The van der Waals surface area contributed by atoms with Crippen molar-refractivity contribution in [1.82, 2.24) is 4.31 Å². The molecular formula is C14H20BNO6S. The molecule has 1 aromatic rings. The summed E-state index contributed by atoms with van der Waals surface area (Å²) in [6.07, 6.45) is 0. The number of rotatable bonds is 3. The molecule has 0 saturated carbocycles. The van der Waals surface area contributed by atoms with Gasteiger partial charge in [-0.3, -0.25) is 4.79 Å². The SMILES string of the molecule is C[C@H](C(=O)OC(C)(C)C)N1Cc2ccc(B(O)O)cc2S1(=O)=O. The Morgan fingerprint density at radius 3 is 2.48 bits per heavy atom. The monoisotopic (exact) mass is 341 g/mol. The van der Waals surface area contributed by atoms with E-state index in [0.29, 0.717) is 5.56 Å². The van der Waals surface area contributed by atoms with E-state index in [1.807, 2.05) is 0 Å². The average molecular weight is 341 g/mol. The van der Waals surface area contributed by atoms with Crippen molar-refractivity contribution in [1.29, 1.82) is 0 Å². The predicted octanol–water partition coefficient (Wildman–Crippen LogP) is -0.399. The standard InChI is InChI=1S/C14H20BNO6S/c1-9(13(17)22-14(2,3)4)16-8-10-5-6-11(15(18)19)7-12(10)23(16,20)21/h5-7,9,18-19H,8H2,1-4H3/t9-/m1/s1. The fraction of sp³-hybridized carbons (Fsp3) is 0.500. The van der Waals surface area contributed by atoms with Crippen LogP contribution in [0.25, 0.3) is 0 Å². The van der Waals surface area contributed by atoms with Crippen LogP contribution in [0.15, 0.2) is 23.1 Å². The molecule has 1 aliphatic rings. The summed E-state index contributed by atoms with van der Waals surface area (Å²) in [6.45, 7) is 6.64. The molecular weight excluding hydrogens is 321 g/mol. The van der Waals surface area contributed by atoms with Crippen LogP contribution >= 0.6 is 0 Å². The zero-order valence-electron chi connectivity index (χ0n) is 13.5. The third kappa shape index (κ3) is 3.58. The molecule has 23 heavy (non-hydrogen) atoms. The molecule has 0 aliphatic carbocycles. The highest BCUT2D eigenvalue weighted by molar-refractivity contribution is 7.89. The summed E-state index contributed by atoms with van der Waals surface area (Å²) in [5.41, 5.74) is -0.126. The molecule has 0 bridgehead atoms. The van der Waals surface area contributed by atoms with Crippen molar-refractivity contribution in [2.75, 3.05) is 0 Å². The molecule has 7 nitrogen and oxygen atoms in total. The van der Waals surface area contributed by atoms with Crippen molar-refractivity contribution in [3.8, 4) is 0 Å². The number of hydrogen-bond acceptors (Lipinski definition) is 6. The van der Waals surface area contributed by atoms with Crippen LogP contribution in [0.1, 0.15) is 33.3 Å². The van der Waals surface area contributed by atoms with Crippen LogP contribution in [0, 0.1) is 0 Å². The Morgan fingerprint density at radius 1 is 1.35 bits per heavy atom. The smallest absolute Gasteiger partial charge is 0.459 e. The molecule has 0 fully saturated rings. The molecule has 9 heteroatoms. The minimum atomic E-state index is -3.89. The predicted molar refractivity (Wildman–Crippen MR) is 84.3 cm³/mol. The van der Waals surface area contributed by atoms with E-state index < -0.39 is 34.8 Å². The third-order valence-electron chi connectivity index (χ3n) is 3.48. The summed E-state index contributed by atoms with van der Waals surface area (Å²) < 4.78 is 31.5. The second-order valence-electron chi connectivity index (χ2n) is 6.50. The lowest BCUT2D eigenvalue weighted by molar-refractivity contribution is -0.159. The first-order chi connectivity index (χ1) is 10.4. The van der Waals surface area contributed by atoms with Crippen LogP contribution in [0.2, 0.25) is 0 Å². The minimum Gasteiger partial charge on any atom is -0.459 e. The van der Waals surface area contributed by atoms with E-state index >= 15 is 0 Å². The lowest BCUT2D eigenvalue weighted by Crippen LogP contribution is -2.42. The zero-order chi connectivity index (χ0) is 17.6. The van der Waals surface area contributed by atoms with Crippen LogP contribution in [-0.4, -0.2) is 47.5 Å². The molecule has 1 aliphatic heterocycles. The van der Waals surface area contributed by atoms with Gasteiger partial charge in [-0.2, -0.15) is 4.31 Å². The quantitative estimate of drug-likeness (QED) is 0.573. The van der Waals surface area contributed by atoms with Gasteiger partial charge in [-0.05, 0) is 44.8 Å². The van der Waals surface area contributed by atoms with Crippen molar-refractivity contribution in [3.05, 3.63) is 23.8 Å². The fourth-order valence-corrected chi connectivity index (χ4v) is 4.14. The number of carbonyl (C=O) groups excluding carboxylic acids is 1. The highest BCUT2D eigenvalue weighted by Gasteiger charge is 2.41. The van der Waals surface area contributed by atoms with Crippen molar-refractivity contribution in [2.24, 2.45) is 0 Å². The highest BCUT2D eigenvalue weighted by atomic mass is 32.2. The Bertz CT molecular complexity index is 725. The van der Waals surface area contributed by atoms with Gasteiger partial charge in [0.15, 0.2) is 0 Å². The summed E-state index contributed by atoms with van der Waals surface area (Å²) in [4.78, 5) is 12.1. The van der Waals surface area contributed by atoms with Crippen LogP contribution in [-0.2, 0) is 26.1 Å². The lowest BCUT2D eigenvalue weighted by atomic mass is 9.80. The zero-order valence-corrected chi connectivity index (χ0v) is 14.3. The molecule has 1 heterocycles. The van der Waals surface area contributed by atoms with Gasteiger partial charge in [0.05, 0.1) is 4.90 Å². The molecule has 0 aromatic heterocycles. The molecule has 2 rings (SSSR count). The van der Waals surface area contributed by atoms with Gasteiger partial charge in [-0.25, -0.2) is 8.42 Å². The van der Waals surface area contributed by atoms with Crippen LogP contribution in [0.5, 0.6) is 0 Å². The molecule has 2 N–H and O–H groups in total. The first-order valence-corrected chi connectivity index (χ1v) is 8.61. The summed E-state index contributed by atoms with van der Waals surface area (Å²) in [7, 11) is -5.65. The van der Waals surface area contributed by atoms with E-state index in [1.54, 1.807) is 20.8 Å². The number of carbonyl (C=O) groups is 1. The van der Waals surface area contributed by atoms with Crippen molar-refractivity contribution in [3.63, 3.8) is 0 Å². The largest absolute Gasteiger partial charge is 0.488 e. The molecule has 0 saturated heterocycles. The number of ether oxygens (including phenoxy) is 1. The molecule has 1 atom stereocenters. The Labute approximate surface area is 136 Å². The second kappa shape index (κ2) is 5.90. The minimum absolute atomic E-state index is 0.0153. The summed E-state index contributed by atoms with van der Waals surface area (Å²) in [6, 6.07) is 3.20. The maximum atomic E-state index is 12.6. The Hall–Kier alpha value is -1.42. The molecule has 0 spiro atoms. The van der Waals surface area contributed by atoms with Crippen molar-refractivity contribution >= 4 is 28.6 Å². The summed E-state index contributed by atoms with van der Waals surface area (Å²) in [5.74, 6) is -0.628. The average Bonchev–Trinajstić information content (AvgIpc) is 2.67. The van der Waals surface area contributed by atoms with E-state index in [0.717, 1.165) is 4.31 Å². The number of hydrogen-bond donors (Lipinski definition) is 2. The number of esters is 1. The van der Waals surface area contributed by atoms with E-state index in [9.17, 15) is 23.3 Å². The van der Waals surface area contributed by atoms with Gasteiger partial charge in [0.25, 0.3) is 0 Å². The van der Waals surface area contributed by atoms with Gasteiger partial charge >= 0.3 is 13.1 Å². The molecule has 126 valence electrons. The Morgan fingerprint density at radius 2 is 1.96 bits per heavy atom. The van der Waals surface area contributed by atoms with Gasteiger partial charge in [-0.15, -0.1) is 0 Å². The second-order valence-corrected chi connectivity index (χ2v) is 8.36. The van der Waals surface area contributed by atoms with Crippen molar-refractivity contribution < 1.29 is 28.0 Å². The van der Waals surface area contributed by atoms with E-state index in [-0.39, 0.29) is 16.9 Å². The number of nitrogens with zero attached hydrogens (tertiary/aromatic N) is 1. The maximum Gasteiger partial charge on any atom is 0.488 e. The molecule has 0 radical (unpaired) electrons.